The number of primary amides is 1. The van der Waals surface area contributed by atoms with Crippen LogP contribution >= 0.6 is 11.6 Å². The number of rotatable bonds is 5. The van der Waals surface area contributed by atoms with E-state index in [1.807, 2.05) is 6.07 Å². The molecule has 2 atom stereocenters. The van der Waals surface area contributed by atoms with Crippen molar-refractivity contribution in [2.45, 2.75) is 32.8 Å². The molecule has 8 heteroatoms. The molecular formula is C19H22ClN3O4. The third-order valence-corrected chi connectivity index (χ3v) is 4.98. The molecule has 1 saturated heterocycles. The van der Waals surface area contributed by atoms with Crippen LogP contribution in [0.15, 0.2) is 28.8 Å². The van der Waals surface area contributed by atoms with E-state index in [1.54, 1.807) is 36.9 Å². The molecule has 0 radical (unpaired) electrons. The summed E-state index contributed by atoms with van der Waals surface area (Å²) >= 11 is 6.01. The van der Waals surface area contributed by atoms with E-state index in [0.29, 0.717) is 47.3 Å². The van der Waals surface area contributed by atoms with Crippen molar-refractivity contribution in [2.75, 3.05) is 13.1 Å². The summed E-state index contributed by atoms with van der Waals surface area (Å²) in [5.41, 5.74) is 6.45. The topological polar surface area (TPSA) is 98.7 Å². The quantitative estimate of drug-likeness (QED) is 0.844. The number of nitrogens with zero attached hydrogens (tertiary/aromatic N) is 2. The number of aryl methyl sites for hydroxylation is 2. The summed E-state index contributed by atoms with van der Waals surface area (Å²) in [6.45, 7) is 4.32. The van der Waals surface area contributed by atoms with Gasteiger partial charge < -0.3 is 19.9 Å². The Morgan fingerprint density at radius 2 is 2.19 bits per heavy atom. The van der Waals surface area contributed by atoms with Crippen molar-refractivity contribution in [2.24, 2.45) is 11.7 Å². The molecule has 1 aromatic carbocycles. The van der Waals surface area contributed by atoms with Gasteiger partial charge in [0.2, 0.25) is 5.91 Å². The summed E-state index contributed by atoms with van der Waals surface area (Å²) in [7, 11) is 0. The lowest BCUT2D eigenvalue weighted by Gasteiger charge is -2.38. The second-order valence-corrected chi connectivity index (χ2v) is 7.22. The van der Waals surface area contributed by atoms with Gasteiger partial charge in [-0.05, 0) is 32.0 Å². The van der Waals surface area contributed by atoms with Gasteiger partial charge in [-0.25, -0.2) is 0 Å². The second kappa shape index (κ2) is 8.00. The molecule has 1 fully saturated rings. The summed E-state index contributed by atoms with van der Waals surface area (Å²) in [6, 6.07) is 7.11. The number of ether oxygens (including phenoxy) is 1. The van der Waals surface area contributed by atoms with Crippen molar-refractivity contribution in [3.8, 4) is 5.75 Å². The number of hydrogen-bond acceptors (Lipinski definition) is 5. The van der Waals surface area contributed by atoms with E-state index in [0.717, 1.165) is 0 Å². The summed E-state index contributed by atoms with van der Waals surface area (Å²) in [4.78, 5) is 26.2. The highest BCUT2D eigenvalue weighted by Gasteiger charge is 2.35. The Hall–Kier alpha value is -2.54. The maximum Gasteiger partial charge on any atom is 0.259 e. The third-order valence-electron chi connectivity index (χ3n) is 4.75. The Morgan fingerprint density at radius 3 is 2.81 bits per heavy atom. The van der Waals surface area contributed by atoms with Gasteiger partial charge in [0.15, 0.2) is 0 Å². The van der Waals surface area contributed by atoms with Crippen LogP contribution in [0.5, 0.6) is 5.75 Å². The number of amides is 2. The van der Waals surface area contributed by atoms with E-state index < -0.39 is 5.91 Å². The molecule has 0 saturated carbocycles. The minimum atomic E-state index is -0.425. The first kappa shape index (κ1) is 19.2. The molecule has 2 aromatic rings. The number of likely N-dealkylation sites (tertiary alicyclic amines) is 1. The lowest BCUT2D eigenvalue weighted by Crippen LogP contribution is -2.49. The number of aromatic nitrogens is 1. The van der Waals surface area contributed by atoms with Gasteiger partial charge in [0.1, 0.15) is 23.2 Å². The highest BCUT2D eigenvalue weighted by molar-refractivity contribution is 6.30. The maximum absolute atomic E-state index is 12.9. The minimum Gasteiger partial charge on any atom is -0.490 e. The van der Waals surface area contributed by atoms with Crippen LogP contribution in [-0.4, -0.2) is 41.1 Å². The van der Waals surface area contributed by atoms with Gasteiger partial charge in [-0.15, -0.1) is 0 Å². The summed E-state index contributed by atoms with van der Waals surface area (Å²) in [5, 5.41) is 4.42. The Morgan fingerprint density at radius 1 is 1.41 bits per heavy atom. The first-order chi connectivity index (χ1) is 12.8. The summed E-state index contributed by atoms with van der Waals surface area (Å²) < 4.78 is 11.2. The molecule has 0 spiro atoms. The van der Waals surface area contributed by atoms with Crippen LogP contribution in [0, 0.1) is 19.8 Å². The van der Waals surface area contributed by atoms with Crippen LogP contribution in [0.25, 0.3) is 0 Å². The van der Waals surface area contributed by atoms with E-state index in [2.05, 4.69) is 5.16 Å². The van der Waals surface area contributed by atoms with E-state index in [-0.39, 0.29) is 24.3 Å². The monoisotopic (exact) mass is 391 g/mol. The number of carbonyl (C=O) groups is 2. The molecular weight excluding hydrogens is 370 g/mol. The second-order valence-electron chi connectivity index (χ2n) is 6.78. The number of piperidine rings is 1. The molecule has 2 N–H and O–H groups in total. The largest absolute Gasteiger partial charge is 0.490 e. The average molecular weight is 392 g/mol. The zero-order chi connectivity index (χ0) is 19.6. The average Bonchev–Trinajstić information content (AvgIpc) is 2.94. The van der Waals surface area contributed by atoms with Crippen molar-refractivity contribution in [1.82, 2.24) is 10.1 Å². The Bertz CT molecular complexity index is 832. The molecule has 2 amide bonds. The highest BCUT2D eigenvalue weighted by atomic mass is 35.5. The molecule has 27 heavy (non-hydrogen) atoms. The van der Waals surface area contributed by atoms with Crippen molar-refractivity contribution in [3.05, 3.63) is 46.3 Å². The van der Waals surface area contributed by atoms with Gasteiger partial charge in [0.05, 0.1) is 5.69 Å². The van der Waals surface area contributed by atoms with Gasteiger partial charge in [-0.3, -0.25) is 9.59 Å². The van der Waals surface area contributed by atoms with Gasteiger partial charge in [-0.2, -0.15) is 0 Å². The molecule has 0 aliphatic carbocycles. The molecule has 7 nitrogen and oxygen atoms in total. The Balaban J connectivity index is 1.76. The van der Waals surface area contributed by atoms with Crippen molar-refractivity contribution >= 4 is 23.4 Å². The predicted octanol–water partition coefficient (Wildman–Crippen LogP) is 2.73. The number of nitrogens with two attached hydrogens (primary N) is 1. The van der Waals surface area contributed by atoms with Crippen molar-refractivity contribution < 1.29 is 18.8 Å². The molecule has 144 valence electrons. The smallest absolute Gasteiger partial charge is 0.259 e. The maximum atomic E-state index is 12.9. The lowest BCUT2D eigenvalue weighted by atomic mass is 9.90. The van der Waals surface area contributed by atoms with Gasteiger partial charge in [0, 0.05) is 36.9 Å². The zero-order valence-electron chi connectivity index (χ0n) is 15.3. The van der Waals surface area contributed by atoms with Crippen LogP contribution in [-0.2, 0) is 4.79 Å². The highest BCUT2D eigenvalue weighted by Crippen LogP contribution is 2.28. The molecule has 1 aromatic heterocycles. The van der Waals surface area contributed by atoms with Crippen LogP contribution in [0.4, 0.5) is 0 Å². The fraction of sp³-hybridized carbons (Fsp3) is 0.421. The normalized spacial score (nSPS) is 19.7. The SMILES string of the molecule is Cc1noc(C)c1C(=O)N1CC[C@H](Oc2cccc(Cl)c2)[C@@H](CC(N)=O)C1. The van der Waals surface area contributed by atoms with Crippen LogP contribution < -0.4 is 10.5 Å². The Kier molecular flexibility index (Phi) is 5.70. The molecule has 3 rings (SSSR count). The molecule has 1 aliphatic rings. The number of hydrogen-bond donors (Lipinski definition) is 1. The van der Waals surface area contributed by atoms with Crippen LogP contribution in [0.1, 0.15) is 34.7 Å². The van der Waals surface area contributed by atoms with Gasteiger partial charge in [-0.1, -0.05) is 22.8 Å². The van der Waals surface area contributed by atoms with Gasteiger partial charge >= 0.3 is 0 Å². The number of carbonyl (C=O) groups excluding carboxylic acids is 2. The predicted molar refractivity (Wildman–Crippen MR) is 99.7 cm³/mol. The first-order valence-electron chi connectivity index (χ1n) is 8.78. The zero-order valence-corrected chi connectivity index (χ0v) is 16.0. The van der Waals surface area contributed by atoms with Crippen molar-refractivity contribution in [3.63, 3.8) is 0 Å². The van der Waals surface area contributed by atoms with E-state index >= 15 is 0 Å². The van der Waals surface area contributed by atoms with Gasteiger partial charge in [0.25, 0.3) is 5.91 Å². The summed E-state index contributed by atoms with van der Waals surface area (Å²) in [5.74, 6) is 0.335. The van der Waals surface area contributed by atoms with E-state index in [9.17, 15) is 9.59 Å². The fourth-order valence-electron chi connectivity index (χ4n) is 3.47. The number of halogens is 1. The van der Waals surface area contributed by atoms with Crippen molar-refractivity contribution in [1.29, 1.82) is 0 Å². The van der Waals surface area contributed by atoms with E-state index in [4.69, 9.17) is 26.6 Å². The van der Waals surface area contributed by atoms with Crippen LogP contribution in [0.3, 0.4) is 0 Å². The summed E-state index contributed by atoms with van der Waals surface area (Å²) in [6.07, 6.45) is 0.487. The molecule has 0 bridgehead atoms. The Labute approximate surface area is 162 Å². The number of benzene rings is 1. The molecule has 0 unspecified atom stereocenters. The van der Waals surface area contributed by atoms with Crippen LogP contribution in [0.2, 0.25) is 5.02 Å². The lowest BCUT2D eigenvalue weighted by molar-refractivity contribution is -0.120. The minimum absolute atomic E-state index is 0.136. The molecule has 1 aliphatic heterocycles. The third kappa shape index (κ3) is 4.42. The standard InChI is InChI=1S/C19H22ClN3O4/c1-11-18(12(2)27-22-11)19(25)23-7-6-16(13(10-23)8-17(21)24)26-15-5-3-4-14(20)9-15/h3-5,9,13,16H,6-8,10H2,1-2H3,(H2,21,24)/t13-,16-/m0/s1. The fourth-order valence-corrected chi connectivity index (χ4v) is 3.65. The molecule has 2 heterocycles. The first-order valence-corrected chi connectivity index (χ1v) is 9.15. The van der Waals surface area contributed by atoms with E-state index in [1.165, 1.54) is 0 Å².